The van der Waals surface area contributed by atoms with Crippen molar-refractivity contribution in [3.8, 4) is 0 Å². The van der Waals surface area contributed by atoms with E-state index in [2.05, 4.69) is 10.3 Å². The fourth-order valence-corrected chi connectivity index (χ4v) is 5.21. The second kappa shape index (κ2) is 8.63. The van der Waals surface area contributed by atoms with Crippen LogP contribution in [0.2, 0.25) is 0 Å². The van der Waals surface area contributed by atoms with Crippen molar-refractivity contribution >= 4 is 32.3 Å². The van der Waals surface area contributed by atoms with E-state index in [4.69, 9.17) is 0 Å². The molecule has 2 aromatic rings. The molecule has 1 saturated heterocycles. The van der Waals surface area contributed by atoms with E-state index in [1.165, 1.54) is 12.1 Å². The second-order valence-corrected chi connectivity index (χ2v) is 10.2. The van der Waals surface area contributed by atoms with Crippen molar-refractivity contribution in [2.75, 3.05) is 18.4 Å². The van der Waals surface area contributed by atoms with Crippen molar-refractivity contribution in [3.05, 3.63) is 46.1 Å². The fourth-order valence-electron chi connectivity index (χ4n) is 3.20. The molecule has 0 bridgehead atoms. The molecule has 176 valence electrons. The molecule has 32 heavy (non-hydrogen) atoms. The van der Waals surface area contributed by atoms with Gasteiger partial charge >= 0.3 is 21.7 Å². The Balaban J connectivity index is 1.67. The molecule has 1 fully saturated rings. The first-order valence-electron chi connectivity index (χ1n) is 9.18. The number of benzene rings is 1. The Hall–Kier alpha value is -2.19. The van der Waals surface area contributed by atoms with Gasteiger partial charge in [-0.15, -0.1) is 11.3 Å². The first kappa shape index (κ1) is 24.5. The van der Waals surface area contributed by atoms with Crippen LogP contribution in [0.4, 0.5) is 31.3 Å². The maximum absolute atomic E-state index is 12.9. The maximum Gasteiger partial charge on any atom is 0.511 e. The third kappa shape index (κ3) is 5.23. The number of nitrogens with one attached hydrogen (secondary N) is 1. The van der Waals surface area contributed by atoms with Crippen LogP contribution in [-0.2, 0) is 27.4 Å². The number of anilines is 1. The number of carbonyl (C=O) groups excluding carboxylic acids is 1. The molecule has 1 atom stereocenters. The molecule has 6 nitrogen and oxygen atoms in total. The normalized spacial score (nSPS) is 18.2. The van der Waals surface area contributed by atoms with E-state index in [0.29, 0.717) is 21.3 Å². The summed E-state index contributed by atoms with van der Waals surface area (Å²) in [5.74, 6) is -1.62. The maximum atomic E-state index is 12.9. The van der Waals surface area contributed by atoms with Crippen molar-refractivity contribution in [1.82, 2.24) is 9.29 Å². The van der Waals surface area contributed by atoms with E-state index in [9.17, 15) is 39.6 Å². The number of thiazole rings is 1. The van der Waals surface area contributed by atoms with Crippen molar-refractivity contribution in [2.45, 2.75) is 31.5 Å². The van der Waals surface area contributed by atoms with Crippen molar-refractivity contribution < 1.29 is 39.6 Å². The third-order valence-electron chi connectivity index (χ3n) is 4.84. The van der Waals surface area contributed by atoms with Crippen LogP contribution < -0.4 is 5.32 Å². The quantitative estimate of drug-likeness (QED) is 0.624. The number of alkyl halides is 6. The number of rotatable bonds is 5. The molecular weight excluding hydrogens is 484 g/mol. The molecule has 0 saturated carbocycles. The highest BCUT2D eigenvalue weighted by Crippen LogP contribution is 2.33. The van der Waals surface area contributed by atoms with Crippen molar-refractivity contribution in [2.24, 2.45) is 5.92 Å². The summed E-state index contributed by atoms with van der Waals surface area (Å²) in [6.07, 6.45) is -4.47. The molecule has 3 rings (SSSR count). The lowest BCUT2D eigenvalue weighted by Crippen LogP contribution is -2.40. The SMILES string of the molecule is Cc1nc(Cc2cccc(C(F)(F)F)c2)sc1NC(=O)C1CCN(S(=O)(=O)C(F)(F)F)C1. The van der Waals surface area contributed by atoms with Crippen LogP contribution in [-0.4, -0.2) is 42.2 Å². The van der Waals surface area contributed by atoms with Crippen LogP contribution in [0, 0.1) is 12.8 Å². The van der Waals surface area contributed by atoms with E-state index < -0.39 is 52.2 Å². The van der Waals surface area contributed by atoms with E-state index in [-0.39, 0.29) is 17.1 Å². The molecule has 1 aliphatic heterocycles. The van der Waals surface area contributed by atoms with Gasteiger partial charge in [-0.1, -0.05) is 18.2 Å². The summed E-state index contributed by atoms with van der Waals surface area (Å²) >= 11 is 1.03. The smallest absolute Gasteiger partial charge is 0.316 e. The van der Waals surface area contributed by atoms with Crippen LogP contribution >= 0.6 is 11.3 Å². The lowest BCUT2D eigenvalue weighted by Gasteiger charge is -2.18. The molecular formula is C18H17F6N3O3S2. The number of aryl methyl sites for hydroxylation is 1. The third-order valence-corrected chi connectivity index (χ3v) is 7.51. The van der Waals surface area contributed by atoms with Gasteiger partial charge in [0, 0.05) is 19.5 Å². The molecule has 2 heterocycles. The van der Waals surface area contributed by atoms with Gasteiger partial charge < -0.3 is 5.32 Å². The van der Waals surface area contributed by atoms with E-state index in [0.717, 1.165) is 23.5 Å². The van der Waals surface area contributed by atoms with Gasteiger partial charge in [-0.2, -0.15) is 30.6 Å². The van der Waals surface area contributed by atoms with E-state index in [1.54, 1.807) is 6.92 Å². The topological polar surface area (TPSA) is 79.4 Å². The van der Waals surface area contributed by atoms with Crippen LogP contribution in [0.25, 0.3) is 0 Å². The fraction of sp³-hybridized carbons (Fsp3) is 0.444. The lowest BCUT2D eigenvalue weighted by molar-refractivity contribution is -0.137. The molecule has 1 aromatic carbocycles. The highest BCUT2D eigenvalue weighted by atomic mass is 32.2. The summed E-state index contributed by atoms with van der Waals surface area (Å²) in [6.45, 7) is 0.543. The average Bonchev–Trinajstić information content (AvgIpc) is 3.28. The molecule has 0 aliphatic carbocycles. The minimum Gasteiger partial charge on any atom is -0.316 e. The highest BCUT2D eigenvalue weighted by Gasteiger charge is 2.52. The summed E-state index contributed by atoms with van der Waals surface area (Å²) in [7, 11) is -5.50. The van der Waals surface area contributed by atoms with Gasteiger partial charge in [-0.3, -0.25) is 4.79 Å². The predicted octanol–water partition coefficient (Wildman–Crippen LogP) is 4.17. The van der Waals surface area contributed by atoms with Gasteiger partial charge in [0.2, 0.25) is 5.91 Å². The Morgan fingerprint density at radius 2 is 1.94 bits per heavy atom. The van der Waals surface area contributed by atoms with Crippen LogP contribution in [0.5, 0.6) is 0 Å². The molecule has 14 heteroatoms. The Bertz CT molecular complexity index is 1110. The first-order chi connectivity index (χ1) is 14.7. The number of aromatic nitrogens is 1. The lowest BCUT2D eigenvalue weighted by atomic mass is 10.1. The van der Waals surface area contributed by atoms with Crippen LogP contribution in [0.15, 0.2) is 24.3 Å². The summed E-state index contributed by atoms with van der Waals surface area (Å²) < 4.78 is 99.9. The van der Waals surface area contributed by atoms with Crippen molar-refractivity contribution in [1.29, 1.82) is 0 Å². The average molecular weight is 501 g/mol. The molecule has 1 amide bonds. The number of halogens is 6. The van der Waals surface area contributed by atoms with Gasteiger partial charge in [0.05, 0.1) is 22.2 Å². The first-order valence-corrected chi connectivity index (χ1v) is 11.4. The molecule has 0 spiro atoms. The largest absolute Gasteiger partial charge is 0.511 e. The summed E-state index contributed by atoms with van der Waals surface area (Å²) in [5, 5.41) is 3.27. The predicted molar refractivity (Wildman–Crippen MR) is 104 cm³/mol. The number of hydrogen-bond donors (Lipinski definition) is 1. The number of nitrogens with zero attached hydrogens (tertiary/aromatic N) is 2. The summed E-state index contributed by atoms with van der Waals surface area (Å²) in [4.78, 5) is 16.7. The summed E-state index contributed by atoms with van der Waals surface area (Å²) in [5.41, 5.74) is -5.47. The van der Waals surface area contributed by atoms with Gasteiger partial charge in [-0.25, -0.2) is 13.4 Å². The molecule has 1 N–H and O–H groups in total. The van der Waals surface area contributed by atoms with Gasteiger partial charge in [0.25, 0.3) is 0 Å². The monoisotopic (exact) mass is 501 g/mol. The number of carbonyl (C=O) groups is 1. The minimum absolute atomic E-state index is 0.0733. The molecule has 0 radical (unpaired) electrons. The molecule has 1 aromatic heterocycles. The zero-order valence-electron chi connectivity index (χ0n) is 16.4. The Morgan fingerprint density at radius 1 is 1.25 bits per heavy atom. The van der Waals surface area contributed by atoms with Crippen molar-refractivity contribution in [3.63, 3.8) is 0 Å². The van der Waals surface area contributed by atoms with E-state index >= 15 is 0 Å². The zero-order chi connectivity index (χ0) is 23.9. The van der Waals surface area contributed by atoms with Gasteiger partial charge in [-0.05, 0) is 25.0 Å². The van der Waals surface area contributed by atoms with Gasteiger partial charge in [0.15, 0.2) is 0 Å². The number of hydrogen-bond acceptors (Lipinski definition) is 5. The molecule has 1 aliphatic rings. The Labute approximate surface area is 183 Å². The van der Waals surface area contributed by atoms with Crippen LogP contribution in [0.3, 0.4) is 0 Å². The Morgan fingerprint density at radius 3 is 2.56 bits per heavy atom. The summed E-state index contributed by atoms with van der Waals surface area (Å²) in [6, 6.07) is 4.75. The minimum atomic E-state index is -5.50. The number of sulfonamides is 1. The highest BCUT2D eigenvalue weighted by molar-refractivity contribution is 7.90. The number of amides is 1. The Kier molecular flexibility index (Phi) is 6.60. The molecule has 1 unspecified atom stereocenters. The second-order valence-electron chi connectivity index (χ2n) is 7.18. The van der Waals surface area contributed by atoms with Gasteiger partial charge in [0.1, 0.15) is 5.00 Å². The van der Waals surface area contributed by atoms with E-state index in [1.807, 2.05) is 0 Å². The standard InChI is InChI=1S/C18H17F6N3O3S2/c1-10-16(26-15(28)12-5-6-27(9-12)32(29,30)18(22,23)24)31-14(25-10)8-11-3-2-4-13(7-11)17(19,20)21/h2-4,7,12H,5-6,8-9H2,1H3,(H,26,28). The van der Waals surface area contributed by atoms with Crippen LogP contribution in [0.1, 0.15) is 28.2 Å². The zero-order valence-corrected chi connectivity index (χ0v) is 18.1.